The number of hydrogen-bond acceptors (Lipinski definition) is 3. The van der Waals surface area contributed by atoms with Gasteiger partial charge in [-0.15, -0.1) is 24.0 Å². The lowest BCUT2D eigenvalue weighted by Crippen LogP contribution is -2.45. The van der Waals surface area contributed by atoms with Gasteiger partial charge in [-0.25, -0.2) is 4.99 Å². The lowest BCUT2D eigenvalue weighted by Gasteiger charge is -2.18. The van der Waals surface area contributed by atoms with Gasteiger partial charge in [0.2, 0.25) is 5.91 Å². The third-order valence-corrected chi connectivity index (χ3v) is 5.22. The van der Waals surface area contributed by atoms with E-state index in [0.29, 0.717) is 19.5 Å². The zero-order chi connectivity index (χ0) is 21.3. The van der Waals surface area contributed by atoms with Gasteiger partial charge in [0, 0.05) is 44.4 Å². The van der Waals surface area contributed by atoms with E-state index in [2.05, 4.69) is 10.6 Å². The first-order valence-electron chi connectivity index (χ1n) is 10.6. The molecule has 31 heavy (non-hydrogen) atoms. The molecule has 0 aliphatic carbocycles. The molecule has 1 aliphatic heterocycles. The highest BCUT2D eigenvalue weighted by Crippen LogP contribution is 2.11. The number of likely N-dealkylation sites (tertiary alicyclic amines) is 1. The summed E-state index contributed by atoms with van der Waals surface area (Å²) in [6.07, 6.45) is 3.28. The number of nitrogens with zero attached hydrogens (tertiary/aromatic N) is 3. The number of aliphatic imine (C=N–C) groups is 1. The van der Waals surface area contributed by atoms with E-state index in [1.54, 1.807) is 22.9 Å². The molecule has 7 nitrogen and oxygen atoms in total. The molecule has 0 saturated carbocycles. The molecule has 1 aromatic heterocycles. The summed E-state index contributed by atoms with van der Waals surface area (Å²) in [4.78, 5) is 30.3. The molecule has 8 heteroatoms. The molecule has 1 amide bonds. The number of guanidine groups is 1. The maximum atomic E-state index is 11.9. The van der Waals surface area contributed by atoms with Gasteiger partial charge in [-0.2, -0.15) is 0 Å². The molecule has 0 bridgehead atoms. The molecule has 2 N–H and O–H groups in total. The molecule has 1 saturated heterocycles. The summed E-state index contributed by atoms with van der Waals surface area (Å²) in [5.74, 6) is 0.979. The number of rotatable bonds is 7. The van der Waals surface area contributed by atoms with Gasteiger partial charge in [-0.05, 0) is 30.5 Å². The van der Waals surface area contributed by atoms with Crippen molar-refractivity contribution in [1.82, 2.24) is 20.1 Å². The number of benzene rings is 1. The first kappa shape index (κ1) is 24.9. The summed E-state index contributed by atoms with van der Waals surface area (Å²) in [5, 5.41) is 6.74. The Morgan fingerprint density at radius 3 is 2.55 bits per heavy atom. The Labute approximate surface area is 201 Å². The summed E-state index contributed by atoms with van der Waals surface area (Å²) in [6.45, 7) is 7.37. The van der Waals surface area contributed by atoms with Crippen molar-refractivity contribution in [3.63, 3.8) is 0 Å². The van der Waals surface area contributed by atoms with Crippen molar-refractivity contribution in [1.29, 1.82) is 0 Å². The van der Waals surface area contributed by atoms with Crippen LogP contribution in [0, 0.1) is 0 Å². The number of hydrogen-bond donors (Lipinski definition) is 2. The molecule has 168 valence electrons. The Bertz CT molecular complexity index is 926. The fourth-order valence-corrected chi connectivity index (χ4v) is 3.55. The van der Waals surface area contributed by atoms with Gasteiger partial charge < -0.3 is 20.1 Å². The standard InChI is InChI=1S/C23H31N5O2.HI/c1-3-21(29)28-14-12-20(17-28)26-23(24-4-2)25-15-18-8-10-19(11-9-18)16-27-13-6-5-7-22(27)30;/h5-11,13,20H,3-4,12,14-17H2,1-2H3,(H2,24,25,26);1H. The summed E-state index contributed by atoms with van der Waals surface area (Å²) in [5.41, 5.74) is 2.18. The van der Waals surface area contributed by atoms with Crippen LogP contribution < -0.4 is 16.2 Å². The topological polar surface area (TPSA) is 78.7 Å². The largest absolute Gasteiger partial charge is 0.357 e. The van der Waals surface area contributed by atoms with E-state index in [4.69, 9.17) is 4.99 Å². The van der Waals surface area contributed by atoms with Crippen LogP contribution in [-0.2, 0) is 17.9 Å². The van der Waals surface area contributed by atoms with Gasteiger partial charge in [-0.1, -0.05) is 37.3 Å². The van der Waals surface area contributed by atoms with Crippen molar-refractivity contribution >= 4 is 35.8 Å². The molecule has 3 rings (SSSR count). The van der Waals surface area contributed by atoms with Crippen LogP contribution in [0.15, 0.2) is 58.4 Å². The molecule has 1 unspecified atom stereocenters. The van der Waals surface area contributed by atoms with Gasteiger partial charge in [-0.3, -0.25) is 9.59 Å². The van der Waals surface area contributed by atoms with Gasteiger partial charge in [0.1, 0.15) is 0 Å². The lowest BCUT2D eigenvalue weighted by atomic mass is 10.1. The van der Waals surface area contributed by atoms with E-state index in [-0.39, 0.29) is 41.5 Å². The molecule has 1 aliphatic rings. The third-order valence-electron chi connectivity index (χ3n) is 5.22. The van der Waals surface area contributed by atoms with Crippen molar-refractivity contribution < 1.29 is 4.79 Å². The SMILES string of the molecule is CCNC(=NCc1ccc(Cn2ccccc2=O)cc1)NC1CCN(C(=O)CC)C1.I. The van der Waals surface area contributed by atoms with Crippen LogP contribution in [0.2, 0.25) is 0 Å². The highest BCUT2D eigenvalue weighted by molar-refractivity contribution is 14.0. The lowest BCUT2D eigenvalue weighted by molar-refractivity contribution is -0.129. The average molecular weight is 537 g/mol. The van der Waals surface area contributed by atoms with Gasteiger partial charge in [0.25, 0.3) is 5.56 Å². The van der Waals surface area contributed by atoms with Crippen molar-refractivity contribution in [2.24, 2.45) is 4.99 Å². The van der Waals surface area contributed by atoms with Crippen LogP contribution in [0.1, 0.15) is 37.8 Å². The molecule has 1 aromatic carbocycles. The second-order valence-electron chi connectivity index (χ2n) is 7.50. The van der Waals surface area contributed by atoms with Crippen LogP contribution in [0.3, 0.4) is 0 Å². The zero-order valence-corrected chi connectivity index (χ0v) is 20.5. The third kappa shape index (κ3) is 7.37. The number of nitrogens with one attached hydrogen (secondary N) is 2. The highest BCUT2D eigenvalue weighted by atomic mass is 127. The Morgan fingerprint density at radius 2 is 1.87 bits per heavy atom. The quantitative estimate of drug-likeness (QED) is 0.324. The summed E-state index contributed by atoms with van der Waals surface area (Å²) in [6, 6.07) is 13.6. The predicted octanol–water partition coefficient (Wildman–Crippen LogP) is 2.58. The Kier molecular flexibility index (Phi) is 10.0. The van der Waals surface area contributed by atoms with E-state index in [9.17, 15) is 9.59 Å². The number of aromatic nitrogens is 1. The summed E-state index contributed by atoms with van der Waals surface area (Å²) < 4.78 is 1.69. The van der Waals surface area contributed by atoms with E-state index >= 15 is 0 Å². The minimum Gasteiger partial charge on any atom is -0.357 e. The van der Waals surface area contributed by atoms with E-state index < -0.39 is 0 Å². The van der Waals surface area contributed by atoms with Crippen LogP contribution in [-0.4, -0.2) is 47.0 Å². The van der Waals surface area contributed by atoms with Crippen LogP contribution in [0.5, 0.6) is 0 Å². The van der Waals surface area contributed by atoms with Gasteiger partial charge >= 0.3 is 0 Å². The Balaban J connectivity index is 0.00000341. The number of pyridine rings is 1. The van der Waals surface area contributed by atoms with Crippen molar-refractivity contribution in [3.05, 3.63) is 70.1 Å². The van der Waals surface area contributed by atoms with E-state index in [1.165, 1.54) is 0 Å². The highest BCUT2D eigenvalue weighted by Gasteiger charge is 2.25. The molecule has 2 aromatic rings. The van der Waals surface area contributed by atoms with Gasteiger partial charge in [0.15, 0.2) is 5.96 Å². The fraction of sp³-hybridized carbons (Fsp3) is 0.435. The van der Waals surface area contributed by atoms with Crippen molar-refractivity contribution in [3.8, 4) is 0 Å². The molecule has 2 heterocycles. The van der Waals surface area contributed by atoms with E-state index in [1.807, 2.05) is 49.1 Å². The summed E-state index contributed by atoms with van der Waals surface area (Å²) in [7, 11) is 0. The zero-order valence-electron chi connectivity index (χ0n) is 18.2. The number of carbonyl (C=O) groups is 1. The second-order valence-corrected chi connectivity index (χ2v) is 7.50. The number of carbonyl (C=O) groups excluding carboxylic acids is 1. The monoisotopic (exact) mass is 537 g/mol. The van der Waals surface area contributed by atoms with Crippen LogP contribution in [0.4, 0.5) is 0 Å². The summed E-state index contributed by atoms with van der Waals surface area (Å²) >= 11 is 0. The molecule has 0 radical (unpaired) electrons. The molecule has 1 atom stereocenters. The second kappa shape index (κ2) is 12.5. The molecule has 0 spiro atoms. The maximum Gasteiger partial charge on any atom is 0.250 e. The van der Waals surface area contributed by atoms with Crippen LogP contribution >= 0.6 is 24.0 Å². The maximum absolute atomic E-state index is 11.9. The Hall–Kier alpha value is -2.36. The minimum absolute atomic E-state index is 0. The fourth-order valence-electron chi connectivity index (χ4n) is 3.55. The first-order chi connectivity index (χ1) is 14.6. The van der Waals surface area contributed by atoms with Crippen molar-refractivity contribution in [2.75, 3.05) is 19.6 Å². The minimum atomic E-state index is -0.00125. The Morgan fingerprint density at radius 1 is 1.13 bits per heavy atom. The molecular weight excluding hydrogens is 505 g/mol. The van der Waals surface area contributed by atoms with Gasteiger partial charge in [0.05, 0.1) is 13.1 Å². The molecular formula is C23H32IN5O2. The van der Waals surface area contributed by atoms with Crippen LogP contribution in [0.25, 0.3) is 0 Å². The number of halogens is 1. The average Bonchev–Trinajstić information content (AvgIpc) is 3.23. The normalized spacial score (nSPS) is 16.0. The number of amides is 1. The first-order valence-corrected chi connectivity index (χ1v) is 10.6. The predicted molar refractivity (Wildman–Crippen MR) is 135 cm³/mol. The van der Waals surface area contributed by atoms with E-state index in [0.717, 1.165) is 43.1 Å². The molecule has 1 fully saturated rings. The smallest absolute Gasteiger partial charge is 0.250 e. The van der Waals surface area contributed by atoms with Crippen molar-refractivity contribution in [2.45, 2.75) is 45.8 Å².